The van der Waals surface area contributed by atoms with Crippen molar-refractivity contribution in [3.8, 4) is 5.88 Å². The molecule has 1 atom stereocenters. The number of anilines is 1. The van der Waals surface area contributed by atoms with E-state index < -0.39 is 34.0 Å². The predicted octanol–water partition coefficient (Wildman–Crippen LogP) is 3.90. The monoisotopic (exact) mass is 461 g/mol. The number of benzene rings is 1. The lowest BCUT2D eigenvalue weighted by molar-refractivity contribution is -0.198. The first kappa shape index (κ1) is 21.4. The number of ether oxygens (including phenoxy) is 1. The molecule has 164 valence electrons. The van der Waals surface area contributed by atoms with Crippen molar-refractivity contribution in [2.24, 2.45) is 0 Å². The number of fused-ring (bicyclic) bond motifs is 1. The lowest BCUT2D eigenvalue weighted by Crippen LogP contribution is -2.27. The third kappa shape index (κ3) is 4.59. The lowest BCUT2D eigenvalue weighted by atomic mass is 10.1. The van der Waals surface area contributed by atoms with Crippen LogP contribution in [0.5, 0.6) is 5.88 Å². The van der Waals surface area contributed by atoms with Gasteiger partial charge in [-0.1, -0.05) is 18.2 Å². The van der Waals surface area contributed by atoms with E-state index in [0.717, 1.165) is 12.4 Å². The van der Waals surface area contributed by atoms with E-state index in [4.69, 9.17) is 4.74 Å². The number of para-hydroxylation sites is 2. The van der Waals surface area contributed by atoms with Gasteiger partial charge in [-0.15, -0.1) is 0 Å². The van der Waals surface area contributed by atoms with Gasteiger partial charge in [0.2, 0.25) is 11.9 Å². The molecule has 0 saturated carbocycles. The highest BCUT2D eigenvalue weighted by Gasteiger charge is 2.44. The summed E-state index contributed by atoms with van der Waals surface area (Å²) in [4.78, 5) is 15.5. The van der Waals surface area contributed by atoms with Crippen LogP contribution in [0.1, 0.15) is 11.7 Å². The molecule has 0 amide bonds. The van der Waals surface area contributed by atoms with E-state index in [1.807, 2.05) is 0 Å². The Morgan fingerprint density at radius 3 is 2.12 bits per heavy atom. The van der Waals surface area contributed by atoms with Gasteiger partial charge in [0, 0.05) is 30.4 Å². The maximum absolute atomic E-state index is 13.8. The molecule has 12 heteroatoms. The van der Waals surface area contributed by atoms with Crippen LogP contribution >= 0.6 is 0 Å². The molecule has 32 heavy (non-hydrogen) atoms. The molecule has 4 rings (SSSR count). The quantitative estimate of drug-likeness (QED) is 0.464. The Balaban J connectivity index is 1.81. The molecule has 8 nitrogen and oxygen atoms in total. The van der Waals surface area contributed by atoms with E-state index >= 15 is 0 Å². The number of nitrogens with zero attached hydrogens (tertiary/aromatic N) is 4. The van der Waals surface area contributed by atoms with E-state index in [0.29, 0.717) is 0 Å². The molecular weight excluding hydrogens is 447 g/mol. The van der Waals surface area contributed by atoms with Gasteiger partial charge in [-0.3, -0.25) is 14.7 Å². The fourth-order valence-corrected chi connectivity index (χ4v) is 3.75. The molecule has 1 N–H and O–H groups in total. The van der Waals surface area contributed by atoms with Gasteiger partial charge in [-0.25, -0.2) is 18.4 Å². The average Bonchev–Trinajstić information content (AvgIpc) is 2.77. The highest BCUT2D eigenvalue weighted by atomic mass is 32.2. The van der Waals surface area contributed by atoms with Gasteiger partial charge >= 0.3 is 6.18 Å². The van der Waals surface area contributed by atoms with E-state index in [-0.39, 0.29) is 21.5 Å². The van der Waals surface area contributed by atoms with Crippen molar-refractivity contribution in [2.75, 3.05) is 4.72 Å². The van der Waals surface area contributed by atoms with Crippen LogP contribution in [0, 0.1) is 0 Å². The summed E-state index contributed by atoms with van der Waals surface area (Å²) in [6.45, 7) is 0. The minimum Gasteiger partial charge on any atom is -0.457 e. The first-order valence-corrected chi connectivity index (χ1v) is 10.6. The Hall–Kier alpha value is -3.80. The number of sulfonamides is 1. The minimum atomic E-state index is -4.84. The normalized spacial score (nSPS) is 13.0. The van der Waals surface area contributed by atoms with Gasteiger partial charge in [-0.2, -0.15) is 13.2 Å². The summed E-state index contributed by atoms with van der Waals surface area (Å²) in [7, 11) is -4.23. The van der Waals surface area contributed by atoms with Crippen molar-refractivity contribution in [1.29, 1.82) is 0 Å². The molecule has 1 unspecified atom stereocenters. The average molecular weight is 461 g/mol. The van der Waals surface area contributed by atoms with E-state index in [2.05, 4.69) is 24.7 Å². The molecule has 0 aliphatic carbocycles. The predicted molar refractivity (Wildman–Crippen MR) is 108 cm³/mol. The number of nitrogens with one attached hydrogen (secondary N) is 1. The van der Waals surface area contributed by atoms with Crippen molar-refractivity contribution in [3.63, 3.8) is 0 Å². The maximum atomic E-state index is 13.8. The molecule has 0 spiro atoms. The molecular formula is C20H14F3N5O3S. The molecule has 0 aliphatic rings. The first-order valence-electron chi connectivity index (χ1n) is 9.07. The topological polar surface area (TPSA) is 107 Å². The van der Waals surface area contributed by atoms with Crippen LogP contribution in [0.2, 0.25) is 0 Å². The Morgan fingerprint density at radius 1 is 0.875 bits per heavy atom. The highest BCUT2D eigenvalue weighted by Crippen LogP contribution is 2.38. The molecule has 3 heterocycles. The van der Waals surface area contributed by atoms with Gasteiger partial charge in [-0.05, 0) is 30.3 Å². The fraction of sp³-hybridized carbons (Fsp3) is 0.100. The maximum Gasteiger partial charge on any atom is 0.429 e. The van der Waals surface area contributed by atoms with Crippen molar-refractivity contribution >= 4 is 26.9 Å². The molecule has 1 aromatic carbocycles. The van der Waals surface area contributed by atoms with Crippen molar-refractivity contribution in [2.45, 2.75) is 17.2 Å². The van der Waals surface area contributed by atoms with Crippen LogP contribution < -0.4 is 9.46 Å². The second-order valence-electron chi connectivity index (χ2n) is 6.49. The molecule has 0 fully saturated rings. The number of rotatable bonds is 6. The standard InChI is InChI=1S/C20H14F3N5O3S/c21-20(22,23)17(13-5-3-9-24-11-13)31-19-18(26-15-7-1-2-8-16(15)27-19)28-32(29,30)14-6-4-10-25-12-14/h1-12,17H,(H,26,28). The van der Waals surface area contributed by atoms with Crippen molar-refractivity contribution in [3.05, 3.63) is 78.9 Å². The van der Waals surface area contributed by atoms with Crippen molar-refractivity contribution < 1.29 is 26.3 Å². The number of alkyl halides is 3. The molecule has 3 aromatic heterocycles. The van der Waals surface area contributed by atoms with E-state index in [9.17, 15) is 21.6 Å². The van der Waals surface area contributed by atoms with Gasteiger partial charge < -0.3 is 4.74 Å². The third-order valence-electron chi connectivity index (χ3n) is 4.23. The summed E-state index contributed by atoms with van der Waals surface area (Å²) in [5.41, 5.74) is 0.198. The smallest absolute Gasteiger partial charge is 0.429 e. The zero-order valence-electron chi connectivity index (χ0n) is 16.1. The van der Waals surface area contributed by atoms with Crippen LogP contribution in [0.25, 0.3) is 11.0 Å². The van der Waals surface area contributed by atoms with Gasteiger partial charge in [0.25, 0.3) is 15.9 Å². The number of pyridine rings is 2. The second kappa shape index (κ2) is 8.38. The number of halogens is 3. The molecule has 0 saturated heterocycles. The Kier molecular flexibility index (Phi) is 5.61. The molecule has 0 bridgehead atoms. The minimum absolute atomic E-state index is 0.208. The highest BCUT2D eigenvalue weighted by molar-refractivity contribution is 7.92. The summed E-state index contributed by atoms with van der Waals surface area (Å²) in [6.07, 6.45) is -2.49. The van der Waals surface area contributed by atoms with Crippen LogP contribution in [0.3, 0.4) is 0 Å². The first-order chi connectivity index (χ1) is 15.2. The van der Waals surface area contributed by atoms with Crippen molar-refractivity contribution in [1.82, 2.24) is 19.9 Å². The molecule has 0 aliphatic heterocycles. The van der Waals surface area contributed by atoms with Gasteiger partial charge in [0.1, 0.15) is 4.90 Å². The summed E-state index contributed by atoms with van der Waals surface area (Å²) in [6, 6.07) is 11.5. The Bertz CT molecular complexity index is 1340. The van der Waals surface area contributed by atoms with Gasteiger partial charge in [0.15, 0.2) is 0 Å². The number of hydrogen-bond donors (Lipinski definition) is 1. The van der Waals surface area contributed by atoms with Crippen LogP contribution in [0.4, 0.5) is 19.0 Å². The number of hydrogen-bond acceptors (Lipinski definition) is 7. The third-order valence-corrected chi connectivity index (χ3v) is 5.55. The largest absolute Gasteiger partial charge is 0.457 e. The lowest BCUT2D eigenvalue weighted by Gasteiger charge is -2.22. The fourth-order valence-electron chi connectivity index (χ4n) is 2.79. The van der Waals surface area contributed by atoms with Crippen LogP contribution in [0.15, 0.2) is 78.2 Å². The Labute approximate surface area is 180 Å². The van der Waals surface area contributed by atoms with E-state index in [1.165, 1.54) is 48.8 Å². The summed E-state index contributed by atoms with van der Waals surface area (Å²) in [5, 5.41) is 0. The van der Waals surface area contributed by atoms with Gasteiger partial charge in [0.05, 0.1) is 11.0 Å². The summed E-state index contributed by atoms with van der Waals surface area (Å²) < 4.78 is 74.2. The summed E-state index contributed by atoms with van der Waals surface area (Å²) in [5.74, 6) is -1.13. The molecule has 4 aromatic rings. The number of aromatic nitrogens is 4. The molecule has 0 radical (unpaired) electrons. The Morgan fingerprint density at radius 2 is 1.53 bits per heavy atom. The van der Waals surface area contributed by atoms with Crippen LogP contribution in [-0.2, 0) is 10.0 Å². The summed E-state index contributed by atoms with van der Waals surface area (Å²) >= 11 is 0. The zero-order chi connectivity index (χ0) is 22.8. The second-order valence-corrected chi connectivity index (χ2v) is 8.17. The van der Waals surface area contributed by atoms with E-state index in [1.54, 1.807) is 12.1 Å². The SMILES string of the molecule is O=S(=O)(Nc1nc2ccccc2nc1OC(c1cccnc1)C(F)(F)F)c1cccnc1. The zero-order valence-corrected chi connectivity index (χ0v) is 16.9. The van der Waals surface area contributed by atoms with Crippen LogP contribution in [-0.4, -0.2) is 34.5 Å².